The summed E-state index contributed by atoms with van der Waals surface area (Å²) in [5, 5.41) is 0. The topological polar surface area (TPSA) is 44.6 Å². The minimum absolute atomic E-state index is 0.317. The van der Waals surface area contributed by atoms with Crippen molar-refractivity contribution in [1.29, 1.82) is 0 Å². The van der Waals surface area contributed by atoms with Crippen molar-refractivity contribution in [3.05, 3.63) is 29.3 Å². The smallest absolute Gasteiger partial charge is 0.144 e. The van der Waals surface area contributed by atoms with Gasteiger partial charge in [0.15, 0.2) is 0 Å². The summed E-state index contributed by atoms with van der Waals surface area (Å²) < 4.78 is 22.1. The third kappa shape index (κ3) is 3.36. The molecule has 0 aliphatic heterocycles. The van der Waals surface area contributed by atoms with Crippen LogP contribution in [-0.4, -0.2) is 21.6 Å². The quantitative estimate of drug-likeness (QED) is 0.798. The fourth-order valence-electron chi connectivity index (χ4n) is 2.28. The van der Waals surface area contributed by atoms with Crippen LogP contribution in [-0.2, 0) is 17.8 Å². The molecule has 1 atom stereocenters. The fourth-order valence-corrected chi connectivity index (χ4v) is 2.95. The van der Waals surface area contributed by atoms with Gasteiger partial charge in [0.2, 0.25) is 0 Å². The second kappa shape index (κ2) is 6.19. The van der Waals surface area contributed by atoms with Crippen LogP contribution in [0.5, 0.6) is 5.75 Å². The Kier molecular flexibility index (Phi) is 4.76. The highest BCUT2D eigenvalue weighted by Gasteiger charge is 2.29. The maximum Gasteiger partial charge on any atom is 0.144 e. The first-order valence-corrected chi connectivity index (χ1v) is 8.28. The van der Waals surface area contributed by atoms with Crippen LogP contribution in [0.4, 0.5) is 0 Å². The number of benzene rings is 1. The lowest BCUT2D eigenvalue weighted by molar-refractivity contribution is 0.336. The van der Waals surface area contributed by atoms with Gasteiger partial charge in [0.05, 0.1) is 12.3 Å². The van der Waals surface area contributed by atoms with Crippen LogP contribution in [0.15, 0.2) is 22.6 Å². The van der Waals surface area contributed by atoms with Crippen LogP contribution in [0.1, 0.15) is 51.7 Å². The van der Waals surface area contributed by atoms with E-state index in [0.717, 1.165) is 36.3 Å². The molecule has 1 aromatic rings. The van der Waals surface area contributed by atoms with E-state index in [9.17, 15) is 4.55 Å². The molecule has 0 heterocycles. The zero-order chi connectivity index (χ0) is 14.8. The molecule has 1 unspecified atom stereocenters. The van der Waals surface area contributed by atoms with Crippen molar-refractivity contribution < 1.29 is 9.29 Å². The highest BCUT2D eigenvalue weighted by atomic mass is 32.2. The molecule has 0 saturated carbocycles. The van der Waals surface area contributed by atoms with Gasteiger partial charge in [0.25, 0.3) is 0 Å². The van der Waals surface area contributed by atoms with E-state index in [1.165, 1.54) is 5.56 Å². The van der Waals surface area contributed by atoms with Gasteiger partial charge in [0.1, 0.15) is 21.9 Å². The lowest BCUT2D eigenvalue weighted by atomic mass is 9.89. The average molecular weight is 293 g/mol. The molecular formula is C16H23NO2S. The Morgan fingerprint density at radius 1 is 1.30 bits per heavy atom. The molecule has 3 nitrogen and oxygen atoms in total. The van der Waals surface area contributed by atoms with Gasteiger partial charge < -0.3 is 9.29 Å². The van der Waals surface area contributed by atoms with E-state index in [2.05, 4.69) is 10.5 Å². The summed E-state index contributed by atoms with van der Waals surface area (Å²) in [5.41, 5.74) is 3.28. The fraction of sp³-hybridized carbons (Fsp3) is 0.562. The van der Waals surface area contributed by atoms with Gasteiger partial charge >= 0.3 is 0 Å². The highest BCUT2D eigenvalue weighted by Crippen LogP contribution is 2.31. The van der Waals surface area contributed by atoms with Gasteiger partial charge in [-0.15, -0.1) is 0 Å². The zero-order valence-electron chi connectivity index (χ0n) is 12.7. The molecule has 20 heavy (non-hydrogen) atoms. The number of hydrogen-bond acceptors (Lipinski definition) is 3. The molecule has 1 aromatic carbocycles. The standard InChI is InChI=1S/C16H23NO2S/c1-5-19-15-11-7-8-12-13(15)9-6-10-14(12)17-20(18)16(2,3)4/h7-8,11H,5-6,9-10H2,1-4H3. The van der Waals surface area contributed by atoms with Crippen molar-refractivity contribution in [2.45, 2.75) is 51.7 Å². The summed E-state index contributed by atoms with van der Waals surface area (Å²) in [7, 11) is 0. The van der Waals surface area contributed by atoms with Crippen LogP contribution in [0.25, 0.3) is 0 Å². The normalized spacial score (nSPS) is 18.8. The summed E-state index contributed by atoms with van der Waals surface area (Å²) in [6.45, 7) is 8.51. The SMILES string of the molecule is CCOc1cccc2c1CCCC2=N[S+]([O-])C(C)(C)C. The average Bonchev–Trinajstić information content (AvgIpc) is 2.39. The molecule has 110 valence electrons. The van der Waals surface area contributed by atoms with Crippen molar-refractivity contribution in [3.63, 3.8) is 0 Å². The van der Waals surface area contributed by atoms with Crippen LogP contribution in [0, 0.1) is 0 Å². The predicted molar refractivity (Wildman–Crippen MR) is 85.0 cm³/mol. The van der Waals surface area contributed by atoms with E-state index in [1.54, 1.807) is 0 Å². The first-order valence-electron chi connectivity index (χ1n) is 7.18. The third-order valence-corrected chi connectivity index (χ3v) is 4.74. The summed E-state index contributed by atoms with van der Waals surface area (Å²) in [4.78, 5) is 0. The van der Waals surface area contributed by atoms with Crippen LogP contribution in [0.2, 0.25) is 0 Å². The van der Waals surface area contributed by atoms with Gasteiger partial charge in [0, 0.05) is 11.1 Å². The molecule has 4 heteroatoms. The Bertz CT molecular complexity index is 506. The second-order valence-electron chi connectivity index (χ2n) is 5.97. The lowest BCUT2D eigenvalue weighted by Gasteiger charge is -2.23. The minimum Gasteiger partial charge on any atom is -0.591 e. The van der Waals surface area contributed by atoms with Gasteiger partial charge in [-0.3, -0.25) is 0 Å². The molecule has 0 N–H and O–H groups in total. The number of fused-ring (bicyclic) bond motifs is 1. The number of hydrogen-bond donors (Lipinski definition) is 0. The van der Waals surface area contributed by atoms with Gasteiger partial charge in [-0.05, 0) is 53.0 Å². The minimum atomic E-state index is -1.21. The molecule has 0 fully saturated rings. The first-order chi connectivity index (χ1) is 9.43. The maximum absolute atomic E-state index is 12.2. The molecule has 1 aliphatic rings. The molecule has 0 bridgehead atoms. The van der Waals surface area contributed by atoms with Crippen LogP contribution >= 0.6 is 0 Å². The van der Waals surface area contributed by atoms with E-state index < -0.39 is 11.4 Å². The van der Waals surface area contributed by atoms with Crippen LogP contribution < -0.4 is 4.74 Å². The Labute approximate surface area is 124 Å². The zero-order valence-corrected chi connectivity index (χ0v) is 13.5. The molecule has 0 spiro atoms. The summed E-state index contributed by atoms with van der Waals surface area (Å²) in [6, 6.07) is 6.06. The largest absolute Gasteiger partial charge is 0.591 e. The monoisotopic (exact) mass is 293 g/mol. The molecule has 2 rings (SSSR count). The molecule has 0 amide bonds. The first kappa shape index (κ1) is 15.4. The molecule has 0 saturated heterocycles. The van der Waals surface area contributed by atoms with E-state index >= 15 is 0 Å². The summed E-state index contributed by atoms with van der Waals surface area (Å²) in [5.74, 6) is 0.943. The van der Waals surface area contributed by atoms with E-state index in [-0.39, 0.29) is 4.75 Å². The van der Waals surface area contributed by atoms with Crippen molar-refractivity contribution in [2.75, 3.05) is 6.61 Å². The molecular weight excluding hydrogens is 270 g/mol. The molecule has 0 radical (unpaired) electrons. The van der Waals surface area contributed by atoms with Crippen molar-refractivity contribution >= 4 is 17.1 Å². The van der Waals surface area contributed by atoms with E-state index in [1.807, 2.05) is 39.8 Å². The molecule has 0 aromatic heterocycles. The lowest BCUT2D eigenvalue weighted by Crippen LogP contribution is -2.27. The Morgan fingerprint density at radius 2 is 2.05 bits per heavy atom. The number of nitrogens with zero attached hydrogens (tertiary/aromatic N) is 1. The van der Waals surface area contributed by atoms with E-state index in [4.69, 9.17) is 4.74 Å². The molecule has 1 aliphatic carbocycles. The second-order valence-corrected chi connectivity index (χ2v) is 7.87. The summed E-state index contributed by atoms with van der Waals surface area (Å²) in [6.07, 6.45) is 2.94. The van der Waals surface area contributed by atoms with Crippen molar-refractivity contribution in [3.8, 4) is 5.75 Å². The Morgan fingerprint density at radius 3 is 2.70 bits per heavy atom. The third-order valence-electron chi connectivity index (χ3n) is 3.30. The number of rotatable bonds is 3. The summed E-state index contributed by atoms with van der Waals surface area (Å²) >= 11 is -1.21. The van der Waals surface area contributed by atoms with E-state index in [0.29, 0.717) is 6.61 Å². The predicted octanol–water partition coefficient (Wildman–Crippen LogP) is 3.67. The number of ether oxygens (including phenoxy) is 1. The van der Waals surface area contributed by atoms with Gasteiger partial charge in [-0.2, -0.15) is 0 Å². The highest BCUT2D eigenvalue weighted by molar-refractivity contribution is 7.91. The van der Waals surface area contributed by atoms with Gasteiger partial charge in [-0.1, -0.05) is 16.5 Å². The van der Waals surface area contributed by atoms with Crippen molar-refractivity contribution in [1.82, 2.24) is 0 Å². The maximum atomic E-state index is 12.2. The van der Waals surface area contributed by atoms with Crippen molar-refractivity contribution in [2.24, 2.45) is 4.40 Å². The Hall–Kier alpha value is -1.00. The van der Waals surface area contributed by atoms with Gasteiger partial charge in [-0.25, -0.2) is 0 Å². The Balaban J connectivity index is 2.38. The van der Waals surface area contributed by atoms with Crippen LogP contribution in [0.3, 0.4) is 0 Å².